The lowest BCUT2D eigenvalue weighted by Crippen LogP contribution is -2.47. The zero-order chi connectivity index (χ0) is 17.8. The summed E-state index contributed by atoms with van der Waals surface area (Å²) < 4.78 is 15.9. The standard InChI is InChI=1S/C18H25N3O4.HI/c1-19-18(21-14-9-12-5-7-15(14)25-12)20-10-11-4-6-13(17(22)24-3)16(8-11)23-2;/h4,6,8,12,14-15H,5,7,9-10H2,1-3H3,(H2,19,20,21);1H. The van der Waals surface area contributed by atoms with Crippen LogP contribution in [0.5, 0.6) is 5.75 Å². The SMILES string of the molecule is CN=C(NCc1ccc(C(=O)OC)c(OC)c1)NC1CC2CCC1O2.I. The van der Waals surface area contributed by atoms with Gasteiger partial charge in [0.15, 0.2) is 5.96 Å². The van der Waals surface area contributed by atoms with Gasteiger partial charge in [-0.3, -0.25) is 4.99 Å². The van der Waals surface area contributed by atoms with Gasteiger partial charge < -0.3 is 24.8 Å². The van der Waals surface area contributed by atoms with E-state index in [2.05, 4.69) is 15.6 Å². The van der Waals surface area contributed by atoms with Crippen LogP contribution in [-0.2, 0) is 16.0 Å². The summed E-state index contributed by atoms with van der Waals surface area (Å²) in [5.41, 5.74) is 1.40. The van der Waals surface area contributed by atoms with Gasteiger partial charge in [-0.15, -0.1) is 24.0 Å². The Balaban J connectivity index is 0.00000243. The molecule has 7 nitrogen and oxygen atoms in total. The fraction of sp³-hybridized carbons (Fsp3) is 0.556. The summed E-state index contributed by atoms with van der Waals surface area (Å²) in [5.74, 6) is 0.831. The highest BCUT2D eigenvalue weighted by atomic mass is 127. The normalized spacial score (nSPS) is 24.0. The molecule has 2 fully saturated rings. The van der Waals surface area contributed by atoms with Gasteiger partial charge in [0, 0.05) is 13.6 Å². The Morgan fingerprint density at radius 3 is 2.73 bits per heavy atom. The number of methoxy groups -OCH3 is 2. The van der Waals surface area contributed by atoms with Crippen LogP contribution < -0.4 is 15.4 Å². The molecule has 2 heterocycles. The Morgan fingerprint density at radius 1 is 1.35 bits per heavy atom. The lowest BCUT2D eigenvalue weighted by molar-refractivity contribution is 0.0597. The summed E-state index contributed by atoms with van der Waals surface area (Å²) in [5, 5.41) is 6.74. The molecule has 2 aliphatic heterocycles. The molecular formula is C18H26IN3O4. The van der Waals surface area contributed by atoms with Gasteiger partial charge in [-0.2, -0.15) is 0 Å². The molecule has 144 valence electrons. The molecule has 1 aromatic carbocycles. The molecule has 1 aromatic rings. The molecule has 8 heteroatoms. The van der Waals surface area contributed by atoms with Crippen LogP contribution in [0.1, 0.15) is 35.2 Å². The minimum atomic E-state index is -0.412. The molecule has 0 aromatic heterocycles. The second kappa shape index (κ2) is 9.40. The highest BCUT2D eigenvalue weighted by Gasteiger charge is 2.41. The molecular weight excluding hydrogens is 449 g/mol. The largest absolute Gasteiger partial charge is 0.496 e. The number of hydrogen-bond donors (Lipinski definition) is 2. The van der Waals surface area contributed by atoms with E-state index in [1.54, 1.807) is 13.1 Å². The second-order valence-corrected chi connectivity index (χ2v) is 6.31. The number of guanidine groups is 1. The second-order valence-electron chi connectivity index (χ2n) is 6.31. The first-order valence-corrected chi connectivity index (χ1v) is 8.52. The summed E-state index contributed by atoms with van der Waals surface area (Å²) in [6.07, 6.45) is 4.01. The van der Waals surface area contributed by atoms with Crippen LogP contribution in [0, 0.1) is 0 Å². The predicted molar refractivity (Wildman–Crippen MR) is 109 cm³/mol. The van der Waals surface area contributed by atoms with E-state index >= 15 is 0 Å². The quantitative estimate of drug-likeness (QED) is 0.294. The molecule has 2 aliphatic rings. The maximum absolute atomic E-state index is 11.7. The number of fused-ring (bicyclic) bond motifs is 2. The van der Waals surface area contributed by atoms with E-state index < -0.39 is 5.97 Å². The summed E-state index contributed by atoms with van der Waals surface area (Å²) in [7, 11) is 4.64. The number of carbonyl (C=O) groups excluding carboxylic acids is 1. The van der Waals surface area contributed by atoms with Crippen LogP contribution in [0.15, 0.2) is 23.2 Å². The Bertz CT molecular complexity index is 668. The molecule has 2 saturated heterocycles. The topological polar surface area (TPSA) is 81.2 Å². The number of nitrogens with one attached hydrogen (secondary N) is 2. The van der Waals surface area contributed by atoms with E-state index in [0.29, 0.717) is 36.1 Å². The van der Waals surface area contributed by atoms with Crippen molar-refractivity contribution in [3.05, 3.63) is 29.3 Å². The van der Waals surface area contributed by atoms with Crippen molar-refractivity contribution in [2.24, 2.45) is 4.99 Å². The number of halogens is 1. The maximum Gasteiger partial charge on any atom is 0.341 e. The zero-order valence-electron chi connectivity index (χ0n) is 15.3. The summed E-state index contributed by atoms with van der Waals surface area (Å²) in [4.78, 5) is 16.0. The highest BCUT2D eigenvalue weighted by molar-refractivity contribution is 14.0. The number of benzene rings is 1. The average molecular weight is 475 g/mol. The van der Waals surface area contributed by atoms with Crippen molar-refractivity contribution in [3.8, 4) is 5.75 Å². The molecule has 3 unspecified atom stereocenters. The third-order valence-electron chi connectivity index (χ3n) is 4.78. The molecule has 0 spiro atoms. The average Bonchev–Trinajstić information content (AvgIpc) is 3.27. The smallest absolute Gasteiger partial charge is 0.341 e. The molecule has 2 bridgehead atoms. The van der Waals surface area contributed by atoms with Gasteiger partial charge in [-0.05, 0) is 37.0 Å². The molecule has 3 atom stereocenters. The number of hydrogen-bond acceptors (Lipinski definition) is 5. The number of nitrogens with zero attached hydrogens (tertiary/aromatic N) is 1. The number of carbonyl (C=O) groups is 1. The Morgan fingerprint density at radius 2 is 2.15 bits per heavy atom. The van der Waals surface area contributed by atoms with Crippen molar-refractivity contribution in [3.63, 3.8) is 0 Å². The zero-order valence-corrected chi connectivity index (χ0v) is 17.6. The van der Waals surface area contributed by atoms with E-state index in [4.69, 9.17) is 14.2 Å². The lowest BCUT2D eigenvalue weighted by Gasteiger charge is -2.22. The van der Waals surface area contributed by atoms with Crippen LogP contribution in [0.3, 0.4) is 0 Å². The monoisotopic (exact) mass is 475 g/mol. The lowest BCUT2D eigenvalue weighted by atomic mass is 9.96. The van der Waals surface area contributed by atoms with Crippen LogP contribution in [-0.4, -0.2) is 51.4 Å². The molecule has 0 amide bonds. The van der Waals surface area contributed by atoms with Gasteiger partial charge in [-0.25, -0.2) is 4.79 Å². The Kier molecular flexibility index (Phi) is 7.51. The van der Waals surface area contributed by atoms with Crippen molar-refractivity contribution in [2.75, 3.05) is 21.3 Å². The maximum atomic E-state index is 11.7. The number of aliphatic imine (C=N–C) groups is 1. The first-order valence-electron chi connectivity index (χ1n) is 8.52. The van der Waals surface area contributed by atoms with E-state index in [0.717, 1.165) is 24.4 Å². The van der Waals surface area contributed by atoms with E-state index in [1.165, 1.54) is 20.6 Å². The van der Waals surface area contributed by atoms with Gasteiger partial charge in [0.05, 0.1) is 32.5 Å². The van der Waals surface area contributed by atoms with E-state index in [-0.39, 0.29) is 24.0 Å². The van der Waals surface area contributed by atoms with Gasteiger partial charge in [0.1, 0.15) is 11.3 Å². The third-order valence-corrected chi connectivity index (χ3v) is 4.78. The van der Waals surface area contributed by atoms with Crippen LogP contribution >= 0.6 is 24.0 Å². The van der Waals surface area contributed by atoms with E-state index in [1.807, 2.05) is 12.1 Å². The van der Waals surface area contributed by atoms with Crippen molar-refractivity contribution in [1.29, 1.82) is 0 Å². The number of rotatable bonds is 5. The fourth-order valence-electron chi connectivity index (χ4n) is 3.47. The van der Waals surface area contributed by atoms with Crippen LogP contribution in [0.4, 0.5) is 0 Å². The summed E-state index contributed by atoms with van der Waals surface area (Å²) in [6, 6.07) is 5.73. The van der Waals surface area contributed by atoms with Gasteiger partial charge in [0.2, 0.25) is 0 Å². The first kappa shape index (κ1) is 20.8. The van der Waals surface area contributed by atoms with Crippen molar-refractivity contribution in [2.45, 2.75) is 44.1 Å². The fourth-order valence-corrected chi connectivity index (χ4v) is 3.47. The van der Waals surface area contributed by atoms with Crippen molar-refractivity contribution in [1.82, 2.24) is 10.6 Å². The highest BCUT2D eigenvalue weighted by Crippen LogP contribution is 2.34. The van der Waals surface area contributed by atoms with Gasteiger partial charge >= 0.3 is 5.97 Å². The number of esters is 1. The molecule has 2 N–H and O–H groups in total. The van der Waals surface area contributed by atoms with Crippen LogP contribution in [0.2, 0.25) is 0 Å². The Labute approximate surface area is 170 Å². The van der Waals surface area contributed by atoms with E-state index in [9.17, 15) is 4.79 Å². The summed E-state index contributed by atoms with van der Waals surface area (Å²) >= 11 is 0. The molecule has 0 radical (unpaired) electrons. The summed E-state index contributed by atoms with van der Waals surface area (Å²) in [6.45, 7) is 0.569. The van der Waals surface area contributed by atoms with Crippen molar-refractivity contribution < 1.29 is 19.0 Å². The molecule has 3 rings (SSSR count). The molecule has 0 saturated carbocycles. The predicted octanol–water partition coefficient (Wildman–Crippen LogP) is 2.08. The minimum Gasteiger partial charge on any atom is -0.496 e. The molecule has 26 heavy (non-hydrogen) atoms. The minimum absolute atomic E-state index is 0. The van der Waals surface area contributed by atoms with Crippen molar-refractivity contribution >= 4 is 35.9 Å². The third kappa shape index (κ3) is 4.59. The van der Waals surface area contributed by atoms with Crippen LogP contribution in [0.25, 0.3) is 0 Å². The molecule has 0 aliphatic carbocycles. The van der Waals surface area contributed by atoms with Gasteiger partial charge in [0.25, 0.3) is 0 Å². The number of ether oxygens (including phenoxy) is 3. The Hall–Kier alpha value is -1.55. The first-order chi connectivity index (χ1) is 12.1. The van der Waals surface area contributed by atoms with Gasteiger partial charge in [-0.1, -0.05) is 6.07 Å².